The van der Waals surface area contributed by atoms with Crippen LogP contribution in [0, 0.1) is 6.92 Å². The van der Waals surface area contributed by atoms with Gasteiger partial charge in [0.25, 0.3) is 0 Å². The first-order valence-corrected chi connectivity index (χ1v) is 9.47. The first-order valence-electron chi connectivity index (χ1n) is 8.21. The second kappa shape index (κ2) is 7.50. The quantitative estimate of drug-likeness (QED) is 0.457. The molecule has 0 aliphatic rings. The topological polar surface area (TPSA) is 82.5 Å². The zero-order valence-corrected chi connectivity index (χ0v) is 16.1. The highest BCUT2D eigenvalue weighted by molar-refractivity contribution is 7.99. The number of halogens is 1. The van der Waals surface area contributed by atoms with Crippen molar-refractivity contribution < 1.29 is 4.42 Å². The van der Waals surface area contributed by atoms with Crippen LogP contribution in [-0.4, -0.2) is 30.4 Å². The molecule has 27 heavy (non-hydrogen) atoms. The molecule has 0 fully saturated rings. The van der Waals surface area contributed by atoms with Crippen molar-refractivity contribution in [1.29, 1.82) is 0 Å². The van der Waals surface area contributed by atoms with Gasteiger partial charge in [-0.2, -0.15) is 4.68 Å². The zero-order chi connectivity index (χ0) is 18.8. The van der Waals surface area contributed by atoms with Gasteiger partial charge in [-0.3, -0.25) is 0 Å². The Hall–Kier alpha value is -2.71. The van der Waals surface area contributed by atoms with Crippen LogP contribution in [0.2, 0.25) is 5.02 Å². The van der Waals surface area contributed by atoms with Crippen LogP contribution in [0.15, 0.2) is 58.1 Å². The van der Waals surface area contributed by atoms with Crippen LogP contribution in [0.3, 0.4) is 0 Å². The lowest BCUT2D eigenvalue weighted by Crippen LogP contribution is -2.00. The van der Waals surface area contributed by atoms with E-state index in [9.17, 15) is 0 Å². The van der Waals surface area contributed by atoms with Crippen molar-refractivity contribution in [3.63, 3.8) is 0 Å². The third-order valence-corrected chi connectivity index (χ3v) is 5.08. The number of rotatable bonds is 5. The van der Waals surface area contributed by atoms with Crippen molar-refractivity contribution in [2.24, 2.45) is 0 Å². The zero-order valence-electron chi connectivity index (χ0n) is 14.6. The number of hydrogen-bond donors (Lipinski definition) is 0. The van der Waals surface area contributed by atoms with E-state index in [4.69, 9.17) is 16.0 Å². The summed E-state index contributed by atoms with van der Waals surface area (Å²) in [5.74, 6) is 1.01. The van der Waals surface area contributed by atoms with Gasteiger partial charge in [0.15, 0.2) is 0 Å². The summed E-state index contributed by atoms with van der Waals surface area (Å²) in [6.07, 6.45) is 0. The van der Waals surface area contributed by atoms with Crippen molar-refractivity contribution in [3.05, 3.63) is 65.0 Å². The maximum absolute atomic E-state index is 6.07. The summed E-state index contributed by atoms with van der Waals surface area (Å²) in [7, 11) is 0. The minimum Gasteiger partial charge on any atom is -0.419 e. The molecule has 0 aliphatic carbocycles. The molecule has 2 heterocycles. The van der Waals surface area contributed by atoms with E-state index in [-0.39, 0.29) is 5.25 Å². The molecule has 4 rings (SSSR count). The minimum atomic E-state index is -0.125. The summed E-state index contributed by atoms with van der Waals surface area (Å²) in [4.78, 5) is 0. The molecule has 2 aromatic carbocycles. The van der Waals surface area contributed by atoms with Crippen LogP contribution in [0.5, 0.6) is 0 Å². The van der Waals surface area contributed by atoms with Crippen LogP contribution in [-0.2, 0) is 0 Å². The maximum Gasteiger partial charge on any atom is 0.247 e. The van der Waals surface area contributed by atoms with Gasteiger partial charge in [-0.1, -0.05) is 47.1 Å². The number of hydrogen-bond acceptors (Lipinski definition) is 7. The molecular formula is C18H15ClN6OS. The number of aryl methyl sites for hydroxylation is 1. The molecule has 0 aliphatic heterocycles. The van der Waals surface area contributed by atoms with Gasteiger partial charge in [0.05, 0.1) is 10.9 Å². The monoisotopic (exact) mass is 398 g/mol. The van der Waals surface area contributed by atoms with Gasteiger partial charge in [-0.25, -0.2) is 0 Å². The van der Waals surface area contributed by atoms with Crippen LogP contribution < -0.4 is 0 Å². The van der Waals surface area contributed by atoms with Crippen LogP contribution >= 0.6 is 23.4 Å². The van der Waals surface area contributed by atoms with Crippen LogP contribution in [0.25, 0.3) is 17.1 Å². The van der Waals surface area contributed by atoms with Crippen LogP contribution in [0.1, 0.15) is 23.6 Å². The Morgan fingerprint density at radius 3 is 2.74 bits per heavy atom. The van der Waals surface area contributed by atoms with Crippen molar-refractivity contribution in [3.8, 4) is 17.1 Å². The first kappa shape index (κ1) is 17.7. The third-order valence-electron chi connectivity index (χ3n) is 3.83. The summed E-state index contributed by atoms with van der Waals surface area (Å²) in [5.41, 5.74) is 2.82. The van der Waals surface area contributed by atoms with Gasteiger partial charge in [0, 0.05) is 10.6 Å². The predicted octanol–water partition coefficient (Wildman–Crippen LogP) is 4.53. The van der Waals surface area contributed by atoms with E-state index >= 15 is 0 Å². The van der Waals surface area contributed by atoms with Gasteiger partial charge in [-0.05, 0) is 54.6 Å². The Balaban J connectivity index is 1.56. The molecule has 4 aromatic rings. The van der Waals surface area contributed by atoms with Gasteiger partial charge in [-0.15, -0.1) is 15.3 Å². The first-order chi connectivity index (χ1) is 13.1. The Labute approximate surface area is 164 Å². The molecule has 0 spiro atoms. The molecule has 0 bridgehead atoms. The lowest BCUT2D eigenvalue weighted by Gasteiger charge is -2.07. The van der Waals surface area contributed by atoms with E-state index < -0.39 is 0 Å². The fourth-order valence-electron chi connectivity index (χ4n) is 2.52. The summed E-state index contributed by atoms with van der Waals surface area (Å²) < 4.78 is 7.49. The molecule has 0 amide bonds. The second-order valence-electron chi connectivity index (χ2n) is 5.93. The third kappa shape index (κ3) is 3.86. The van der Waals surface area contributed by atoms with E-state index in [0.29, 0.717) is 22.0 Å². The molecular weight excluding hydrogens is 384 g/mol. The number of thioether (sulfide) groups is 1. The Bertz CT molecular complexity index is 1080. The Kier molecular flexibility index (Phi) is 4.91. The molecule has 7 nitrogen and oxygen atoms in total. The molecule has 0 saturated heterocycles. The van der Waals surface area contributed by atoms with E-state index in [1.165, 1.54) is 11.8 Å². The van der Waals surface area contributed by atoms with Gasteiger partial charge in [0.2, 0.25) is 16.9 Å². The van der Waals surface area contributed by atoms with E-state index in [1.54, 1.807) is 16.8 Å². The number of tetrazole rings is 1. The molecule has 2 aromatic heterocycles. The SMILES string of the molecule is Cc1cccc(-c2nnc([C@H](C)Sc3nnnn3-c3cccc(Cl)c3)o2)c1. The fourth-order valence-corrected chi connectivity index (χ4v) is 3.55. The summed E-state index contributed by atoms with van der Waals surface area (Å²) in [5, 5.41) is 21.4. The van der Waals surface area contributed by atoms with Crippen molar-refractivity contribution >= 4 is 23.4 Å². The van der Waals surface area contributed by atoms with Gasteiger partial charge < -0.3 is 4.42 Å². The molecule has 0 saturated carbocycles. The second-order valence-corrected chi connectivity index (χ2v) is 7.67. The summed E-state index contributed by atoms with van der Waals surface area (Å²) in [6, 6.07) is 15.3. The van der Waals surface area contributed by atoms with Crippen molar-refractivity contribution in [1.82, 2.24) is 30.4 Å². The fraction of sp³-hybridized carbons (Fsp3) is 0.167. The largest absolute Gasteiger partial charge is 0.419 e. The molecule has 0 N–H and O–H groups in total. The average molecular weight is 399 g/mol. The molecule has 9 heteroatoms. The number of aromatic nitrogens is 6. The molecule has 0 unspecified atom stereocenters. The van der Waals surface area contributed by atoms with Gasteiger partial charge >= 0.3 is 0 Å². The van der Waals surface area contributed by atoms with E-state index in [2.05, 4.69) is 25.7 Å². The van der Waals surface area contributed by atoms with Crippen molar-refractivity contribution in [2.75, 3.05) is 0 Å². The smallest absolute Gasteiger partial charge is 0.247 e. The Morgan fingerprint density at radius 1 is 1.07 bits per heavy atom. The summed E-state index contributed by atoms with van der Waals surface area (Å²) in [6.45, 7) is 3.99. The predicted molar refractivity (Wildman–Crippen MR) is 103 cm³/mol. The molecule has 0 radical (unpaired) electrons. The molecule has 1 atom stereocenters. The normalized spacial score (nSPS) is 12.3. The lowest BCUT2D eigenvalue weighted by atomic mass is 10.1. The Morgan fingerprint density at radius 2 is 1.93 bits per heavy atom. The standard InChI is InChI=1S/C18H15ClN6OS/c1-11-5-3-6-13(9-11)17-21-20-16(26-17)12(2)27-18-22-23-24-25(18)15-8-4-7-14(19)10-15/h3-10,12H,1-2H3/t12-/m0/s1. The van der Waals surface area contributed by atoms with Gasteiger partial charge in [0.1, 0.15) is 0 Å². The minimum absolute atomic E-state index is 0.125. The van der Waals surface area contributed by atoms with E-state index in [1.807, 2.05) is 50.2 Å². The van der Waals surface area contributed by atoms with Crippen molar-refractivity contribution in [2.45, 2.75) is 24.3 Å². The highest BCUT2D eigenvalue weighted by atomic mass is 35.5. The highest BCUT2D eigenvalue weighted by Gasteiger charge is 2.20. The lowest BCUT2D eigenvalue weighted by molar-refractivity contribution is 0.508. The number of nitrogens with zero attached hydrogens (tertiary/aromatic N) is 6. The molecule has 136 valence electrons. The maximum atomic E-state index is 6.07. The summed E-state index contributed by atoms with van der Waals surface area (Å²) >= 11 is 7.50. The van der Waals surface area contributed by atoms with E-state index in [0.717, 1.165) is 16.8 Å². The number of benzene rings is 2. The highest BCUT2D eigenvalue weighted by Crippen LogP contribution is 2.34. The van der Waals surface area contributed by atoms with Crippen LogP contribution in [0.4, 0.5) is 0 Å². The average Bonchev–Trinajstić information content (AvgIpc) is 3.31.